The molecule has 1 aromatic carbocycles. The topological polar surface area (TPSA) is 55.8 Å². The van der Waals surface area contributed by atoms with Gasteiger partial charge in [-0.3, -0.25) is 4.90 Å². The first-order chi connectivity index (χ1) is 16.1. The lowest BCUT2D eigenvalue weighted by Crippen LogP contribution is -2.52. The van der Waals surface area contributed by atoms with Crippen LogP contribution in [0.2, 0.25) is 37.8 Å². The summed E-state index contributed by atoms with van der Waals surface area (Å²) in [5.74, 6) is 4.18. The highest BCUT2D eigenvalue weighted by molar-refractivity contribution is 6.83. The van der Waals surface area contributed by atoms with Crippen LogP contribution in [0.3, 0.4) is 0 Å². The van der Waals surface area contributed by atoms with Gasteiger partial charge in [-0.1, -0.05) is 70.7 Å². The highest BCUT2D eigenvalue weighted by Gasteiger charge is 2.47. The maximum atomic E-state index is 13.1. The van der Waals surface area contributed by atoms with Crippen molar-refractivity contribution in [1.29, 1.82) is 0 Å². The molecule has 1 aliphatic carbocycles. The van der Waals surface area contributed by atoms with Crippen molar-refractivity contribution in [3.8, 4) is 11.5 Å². The molecule has 0 bridgehead atoms. The summed E-state index contributed by atoms with van der Waals surface area (Å²) in [7, 11) is -2.31. The predicted octanol–water partition coefficient (Wildman–Crippen LogP) is 6.78. The number of nitrogens with zero attached hydrogens (tertiary/aromatic N) is 1. The number of amides is 1. The molecule has 1 aliphatic rings. The quantitative estimate of drug-likeness (QED) is 0.229. The van der Waals surface area contributed by atoms with E-state index in [2.05, 4.69) is 65.0 Å². The van der Waals surface area contributed by atoms with Gasteiger partial charge >= 0.3 is 6.09 Å². The van der Waals surface area contributed by atoms with Gasteiger partial charge in [-0.2, -0.15) is 0 Å². The number of benzene rings is 1. The maximum absolute atomic E-state index is 13.1. The Kier molecular flexibility index (Phi) is 9.24. The monoisotopic (exact) mass is 513 g/mol. The van der Waals surface area contributed by atoms with Gasteiger partial charge in [-0.25, -0.2) is 4.79 Å². The van der Waals surface area contributed by atoms with Crippen LogP contribution in [0.25, 0.3) is 0 Å². The van der Waals surface area contributed by atoms with E-state index >= 15 is 0 Å². The van der Waals surface area contributed by atoms with E-state index < -0.39 is 33.9 Å². The molecule has 0 aromatic heterocycles. The Labute approximate surface area is 214 Å². The van der Waals surface area contributed by atoms with E-state index in [4.69, 9.17) is 9.16 Å². The number of ether oxygens (including phenoxy) is 1. The van der Waals surface area contributed by atoms with E-state index in [9.17, 15) is 9.59 Å². The van der Waals surface area contributed by atoms with Gasteiger partial charge in [0.05, 0.1) is 24.3 Å². The van der Waals surface area contributed by atoms with Crippen molar-refractivity contribution in [3.63, 3.8) is 0 Å². The third-order valence-electron chi connectivity index (χ3n) is 7.02. The molecule has 0 saturated heterocycles. The Morgan fingerprint density at radius 1 is 1.17 bits per heavy atom. The van der Waals surface area contributed by atoms with Gasteiger partial charge in [0.15, 0.2) is 0 Å². The number of carbonyl (C=O) groups excluding carboxylic acids is 2. The highest BCUT2D eigenvalue weighted by atomic mass is 28.4. The molecule has 0 radical (unpaired) electrons. The first-order valence-electron chi connectivity index (χ1n) is 12.4. The number of carbonyl (C=O) groups is 2. The van der Waals surface area contributed by atoms with Crippen LogP contribution >= 0.6 is 0 Å². The molecule has 0 saturated carbocycles. The van der Waals surface area contributed by atoms with Gasteiger partial charge in [0.1, 0.15) is 14.4 Å². The molecule has 192 valence electrons. The van der Waals surface area contributed by atoms with E-state index in [-0.39, 0.29) is 5.04 Å². The molecule has 7 heteroatoms. The van der Waals surface area contributed by atoms with Crippen LogP contribution in [0.4, 0.5) is 4.79 Å². The lowest BCUT2D eigenvalue weighted by atomic mass is 9.71. The smallest absolute Gasteiger partial charge is 0.410 e. The van der Waals surface area contributed by atoms with Crippen molar-refractivity contribution in [2.45, 2.75) is 90.4 Å². The zero-order valence-corrected chi connectivity index (χ0v) is 25.0. The summed E-state index contributed by atoms with van der Waals surface area (Å²) < 4.78 is 11.9. The Bertz CT molecular complexity index is 980. The van der Waals surface area contributed by atoms with Gasteiger partial charge in [0.25, 0.3) is 0 Å². The van der Waals surface area contributed by atoms with Crippen molar-refractivity contribution < 1.29 is 18.8 Å². The number of allylic oxidation sites excluding steroid dienone is 1. The molecular formula is C28H43NO4Si2. The van der Waals surface area contributed by atoms with Gasteiger partial charge in [0, 0.05) is 19.4 Å². The van der Waals surface area contributed by atoms with Crippen LogP contribution in [0.5, 0.6) is 0 Å². The molecule has 35 heavy (non-hydrogen) atoms. The van der Waals surface area contributed by atoms with Crippen LogP contribution in [0, 0.1) is 16.9 Å². The van der Waals surface area contributed by atoms with Crippen molar-refractivity contribution in [1.82, 2.24) is 4.90 Å². The third kappa shape index (κ3) is 7.59. The van der Waals surface area contributed by atoms with Crippen molar-refractivity contribution in [2.24, 2.45) is 5.41 Å². The fourth-order valence-electron chi connectivity index (χ4n) is 3.91. The van der Waals surface area contributed by atoms with Crippen molar-refractivity contribution in [2.75, 3.05) is 7.11 Å². The molecule has 2 atom stereocenters. The molecule has 0 N–H and O–H groups in total. The van der Waals surface area contributed by atoms with Crippen molar-refractivity contribution in [3.05, 3.63) is 47.7 Å². The minimum Gasteiger partial charge on any atom is -0.547 e. The highest BCUT2D eigenvalue weighted by Crippen LogP contribution is 2.44. The first kappa shape index (κ1) is 28.9. The van der Waals surface area contributed by atoms with E-state index in [0.29, 0.717) is 25.8 Å². The molecule has 0 aliphatic heterocycles. The predicted molar refractivity (Wildman–Crippen MR) is 148 cm³/mol. The summed E-state index contributed by atoms with van der Waals surface area (Å²) in [6, 6.07) is 9.27. The first-order valence-corrected chi connectivity index (χ1v) is 18.8. The van der Waals surface area contributed by atoms with Gasteiger partial charge in [-0.15, -0.1) is 11.5 Å². The third-order valence-corrected chi connectivity index (χ3v) is 12.3. The molecule has 1 aromatic rings. The number of aldehydes is 1. The lowest BCUT2D eigenvalue weighted by molar-refractivity contribution is -0.119. The Balaban J connectivity index is 2.58. The van der Waals surface area contributed by atoms with E-state index in [0.717, 1.165) is 17.6 Å². The van der Waals surface area contributed by atoms with Gasteiger partial charge < -0.3 is 14.0 Å². The fourth-order valence-corrected chi connectivity index (χ4v) is 5.66. The van der Waals surface area contributed by atoms with E-state index in [1.807, 2.05) is 36.4 Å². The molecule has 0 spiro atoms. The standard InChI is InChI=1S/C28H43NO4Si2/c1-27(2,3)35(8,9)33-24-16-18-28(22-30,17-13-19-34(5,6)7)25(20-24)29(26(31)32-4)21-23-14-11-10-12-15-23/h10-12,14-15,20,22,25H,16-18,21H2,1-9H3/t25-,28-/m1/s1. The normalized spacial score (nSPS) is 20.7. The minimum absolute atomic E-state index is 0.0391. The Morgan fingerprint density at radius 2 is 1.80 bits per heavy atom. The summed E-state index contributed by atoms with van der Waals surface area (Å²) in [6.45, 7) is 17.9. The summed E-state index contributed by atoms with van der Waals surface area (Å²) in [5.41, 5.74) is 3.55. The van der Waals surface area contributed by atoms with Crippen LogP contribution in [-0.4, -0.2) is 46.8 Å². The summed E-state index contributed by atoms with van der Waals surface area (Å²) in [6.07, 6.45) is 4.16. The Hall–Kier alpha value is -2.31. The Morgan fingerprint density at radius 3 is 2.31 bits per heavy atom. The summed E-state index contributed by atoms with van der Waals surface area (Å²) >= 11 is 0. The summed E-state index contributed by atoms with van der Waals surface area (Å²) in [5, 5.41) is 0.0391. The van der Waals surface area contributed by atoms with E-state index in [1.54, 1.807) is 4.90 Å². The fraction of sp³-hybridized carbons (Fsp3) is 0.571. The average molecular weight is 514 g/mol. The second-order valence-corrected chi connectivity index (χ2v) is 21.6. The average Bonchev–Trinajstić information content (AvgIpc) is 2.77. The van der Waals surface area contributed by atoms with Gasteiger partial charge in [0.2, 0.25) is 8.32 Å². The molecule has 0 heterocycles. The number of methoxy groups -OCH3 is 1. The van der Waals surface area contributed by atoms with Crippen molar-refractivity contribution >= 4 is 28.8 Å². The second kappa shape index (κ2) is 11.2. The second-order valence-electron chi connectivity index (χ2n) is 12.1. The zero-order valence-electron chi connectivity index (χ0n) is 23.0. The minimum atomic E-state index is -2.09. The molecule has 0 unspecified atom stereocenters. The number of hydrogen-bond acceptors (Lipinski definition) is 4. The SMILES string of the molecule is COC(=O)N(Cc1ccccc1)[C@@H]1C=C(O[Si](C)(C)C(C)(C)C)CC[C@@]1(C=O)CC#C[Si](C)(C)C. The number of hydrogen-bond donors (Lipinski definition) is 0. The number of rotatable bonds is 7. The van der Waals surface area contributed by atoms with Crippen LogP contribution in [0.1, 0.15) is 45.6 Å². The molecule has 5 nitrogen and oxygen atoms in total. The van der Waals surface area contributed by atoms with Crippen LogP contribution in [0.15, 0.2) is 42.2 Å². The largest absolute Gasteiger partial charge is 0.547 e. The molecular weight excluding hydrogens is 470 g/mol. The zero-order chi connectivity index (χ0) is 26.5. The molecule has 2 rings (SSSR count). The molecule has 0 fully saturated rings. The lowest BCUT2D eigenvalue weighted by Gasteiger charge is -2.45. The maximum Gasteiger partial charge on any atom is 0.410 e. The van der Waals surface area contributed by atoms with E-state index in [1.165, 1.54) is 7.11 Å². The van der Waals surface area contributed by atoms with Crippen LogP contribution in [-0.2, 0) is 20.5 Å². The molecule has 1 amide bonds. The van der Waals surface area contributed by atoms with Gasteiger partial charge in [-0.05, 0) is 36.2 Å². The van der Waals surface area contributed by atoms with Crippen LogP contribution < -0.4 is 0 Å². The summed E-state index contributed by atoms with van der Waals surface area (Å²) in [4.78, 5) is 27.5.